The van der Waals surface area contributed by atoms with Crippen molar-refractivity contribution < 1.29 is 19.1 Å². The van der Waals surface area contributed by atoms with Crippen molar-refractivity contribution in [1.29, 1.82) is 0 Å². The van der Waals surface area contributed by atoms with E-state index in [0.29, 0.717) is 17.0 Å². The van der Waals surface area contributed by atoms with Crippen molar-refractivity contribution in [1.82, 2.24) is 10.6 Å². The highest BCUT2D eigenvalue weighted by Crippen LogP contribution is 2.24. The fourth-order valence-corrected chi connectivity index (χ4v) is 4.29. The molecule has 0 heterocycles. The average Bonchev–Trinajstić information content (AvgIpc) is 2.73. The second kappa shape index (κ2) is 14.1. The Labute approximate surface area is 183 Å². The molecule has 2 rings (SSSR count). The van der Waals surface area contributed by atoms with Crippen LogP contribution in [0.3, 0.4) is 0 Å². The second-order valence-electron chi connectivity index (χ2n) is 7.67. The summed E-state index contributed by atoms with van der Waals surface area (Å²) in [5.74, 6) is -0.619. The molecule has 2 amide bonds. The third kappa shape index (κ3) is 9.20. The van der Waals surface area contributed by atoms with Crippen LogP contribution in [0.15, 0.2) is 29.2 Å². The highest BCUT2D eigenvalue weighted by atomic mass is 32.2. The Hall–Kier alpha value is -2.02. The number of carbonyl (C=O) groups is 3. The molecule has 1 saturated carbocycles. The molecule has 0 aromatic heterocycles. The smallest absolute Gasteiger partial charge is 0.339 e. The zero-order chi connectivity index (χ0) is 21.6. The summed E-state index contributed by atoms with van der Waals surface area (Å²) in [5, 5.41) is 5.86. The molecule has 0 aliphatic heterocycles. The maximum absolute atomic E-state index is 12.4. The number of unbranched alkanes of at least 4 members (excludes halogenated alkanes) is 1. The molecule has 2 N–H and O–H groups in total. The Morgan fingerprint density at radius 3 is 2.47 bits per heavy atom. The van der Waals surface area contributed by atoms with Crippen molar-refractivity contribution in [3.63, 3.8) is 0 Å². The lowest BCUT2D eigenvalue weighted by Gasteiger charge is -2.21. The van der Waals surface area contributed by atoms with Gasteiger partial charge in [0.15, 0.2) is 6.61 Å². The summed E-state index contributed by atoms with van der Waals surface area (Å²) < 4.78 is 5.15. The number of hydrogen-bond acceptors (Lipinski definition) is 5. The van der Waals surface area contributed by atoms with Gasteiger partial charge in [-0.1, -0.05) is 57.6 Å². The van der Waals surface area contributed by atoms with Crippen molar-refractivity contribution in [2.24, 2.45) is 0 Å². The van der Waals surface area contributed by atoms with E-state index in [2.05, 4.69) is 10.6 Å². The van der Waals surface area contributed by atoms with E-state index in [4.69, 9.17) is 4.74 Å². The lowest BCUT2D eigenvalue weighted by molar-refractivity contribution is -0.124. The molecule has 6 nitrogen and oxygen atoms in total. The maximum Gasteiger partial charge on any atom is 0.339 e. The van der Waals surface area contributed by atoms with Crippen LogP contribution in [-0.4, -0.2) is 42.7 Å². The number of rotatable bonds is 10. The predicted octanol–water partition coefficient (Wildman–Crippen LogP) is 4.08. The molecule has 0 radical (unpaired) electrons. The van der Waals surface area contributed by atoms with Gasteiger partial charge >= 0.3 is 5.97 Å². The number of nitrogens with one attached hydrogen (secondary N) is 2. The number of ether oxygens (including phenoxy) is 1. The summed E-state index contributed by atoms with van der Waals surface area (Å²) in [7, 11) is 0. The molecular formula is C23H34N2O4S. The van der Waals surface area contributed by atoms with Crippen LogP contribution in [0.4, 0.5) is 0 Å². The first kappa shape index (κ1) is 24.3. The van der Waals surface area contributed by atoms with Gasteiger partial charge < -0.3 is 15.4 Å². The standard InChI is InChI=1S/C23H34N2O4S/c1-2-3-15-24-21(26)16-29-23(28)19-13-9-10-14-20(19)30-17-22(27)25-18-11-7-5-4-6-8-12-18/h9-10,13-14,18H,2-8,11-12,15-17H2,1H3,(H,24,26)(H,25,27). The van der Waals surface area contributed by atoms with Crippen LogP contribution in [0.1, 0.15) is 75.1 Å². The summed E-state index contributed by atoms with van der Waals surface area (Å²) in [6.07, 6.45) is 10.1. The average molecular weight is 435 g/mol. The summed E-state index contributed by atoms with van der Waals surface area (Å²) in [4.78, 5) is 37.2. The molecule has 30 heavy (non-hydrogen) atoms. The number of hydrogen-bond donors (Lipinski definition) is 2. The van der Waals surface area contributed by atoms with Gasteiger partial charge in [0.2, 0.25) is 5.91 Å². The molecule has 0 unspecified atom stereocenters. The summed E-state index contributed by atoms with van der Waals surface area (Å²) >= 11 is 1.32. The molecular weight excluding hydrogens is 400 g/mol. The maximum atomic E-state index is 12.4. The van der Waals surface area contributed by atoms with E-state index in [1.165, 1.54) is 43.9 Å². The topological polar surface area (TPSA) is 84.5 Å². The first-order valence-corrected chi connectivity index (χ1v) is 12.0. The molecule has 0 spiro atoms. The Kier molecular flexibility index (Phi) is 11.4. The van der Waals surface area contributed by atoms with E-state index in [1.807, 2.05) is 13.0 Å². The van der Waals surface area contributed by atoms with Crippen LogP contribution in [-0.2, 0) is 14.3 Å². The quantitative estimate of drug-likeness (QED) is 0.329. The van der Waals surface area contributed by atoms with Crippen molar-refractivity contribution in [2.75, 3.05) is 18.9 Å². The fourth-order valence-electron chi connectivity index (χ4n) is 3.44. The number of amides is 2. The third-order valence-electron chi connectivity index (χ3n) is 5.12. The molecule has 0 bridgehead atoms. The molecule has 1 aromatic rings. The monoisotopic (exact) mass is 434 g/mol. The van der Waals surface area contributed by atoms with E-state index >= 15 is 0 Å². The largest absolute Gasteiger partial charge is 0.452 e. The van der Waals surface area contributed by atoms with E-state index in [-0.39, 0.29) is 30.2 Å². The van der Waals surface area contributed by atoms with Gasteiger partial charge in [-0.15, -0.1) is 11.8 Å². The van der Waals surface area contributed by atoms with E-state index in [1.54, 1.807) is 18.2 Å². The molecule has 166 valence electrons. The number of thioether (sulfide) groups is 1. The first-order valence-electron chi connectivity index (χ1n) is 11.0. The Balaban J connectivity index is 1.81. The molecule has 0 saturated heterocycles. The van der Waals surface area contributed by atoms with Gasteiger partial charge in [-0.3, -0.25) is 9.59 Å². The Bertz CT molecular complexity index is 688. The van der Waals surface area contributed by atoms with Crippen LogP contribution in [0.5, 0.6) is 0 Å². The lowest BCUT2D eigenvalue weighted by Crippen LogP contribution is -2.36. The minimum Gasteiger partial charge on any atom is -0.452 e. The van der Waals surface area contributed by atoms with Crippen LogP contribution in [0.2, 0.25) is 0 Å². The highest BCUT2D eigenvalue weighted by molar-refractivity contribution is 8.00. The van der Waals surface area contributed by atoms with Gasteiger partial charge in [0.05, 0.1) is 11.3 Å². The van der Waals surface area contributed by atoms with Crippen LogP contribution >= 0.6 is 11.8 Å². The molecule has 0 atom stereocenters. The molecule has 1 aliphatic carbocycles. The molecule has 7 heteroatoms. The summed E-state index contributed by atoms with van der Waals surface area (Å²) in [5.41, 5.74) is 0.377. The lowest BCUT2D eigenvalue weighted by atomic mass is 9.97. The van der Waals surface area contributed by atoms with Gasteiger partial charge in [0, 0.05) is 17.5 Å². The zero-order valence-electron chi connectivity index (χ0n) is 17.9. The third-order valence-corrected chi connectivity index (χ3v) is 6.20. The van der Waals surface area contributed by atoms with Gasteiger partial charge in [0.1, 0.15) is 0 Å². The van der Waals surface area contributed by atoms with E-state index in [0.717, 1.165) is 25.7 Å². The van der Waals surface area contributed by atoms with Gasteiger partial charge in [-0.2, -0.15) is 0 Å². The van der Waals surface area contributed by atoms with Gasteiger partial charge in [-0.05, 0) is 31.4 Å². The van der Waals surface area contributed by atoms with Crippen molar-refractivity contribution in [3.8, 4) is 0 Å². The fraction of sp³-hybridized carbons (Fsp3) is 0.609. The zero-order valence-corrected chi connectivity index (χ0v) is 18.7. The van der Waals surface area contributed by atoms with Crippen molar-refractivity contribution in [2.45, 2.75) is 75.6 Å². The summed E-state index contributed by atoms with van der Waals surface area (Å²) in [6, 6.07) is 7.28. The minimum absolute atomic E-state index is 0.0101. The number of benzene rings is 1. The highest BCUT2D eigenvalue weighted by Gasteiger charge is 2.17. The van der Waals surface area contributed by atoms with E-state index in [9.17, 15) is 14.4 Å². The van der Waals surface area contributed by atoms with Crippen LogP contribution in [0.25, 0.3) is 0 Å². The van der Waals surface area contributed by atoms with Crippen molar-refractivity contribution >= 4 is 29.5 Å². The first-order chi connectivity index (χ1) is 14.6. The SMILES string of the molecule is CCCCNC(=O)COC(=O)c1ccccc1SCC(=O)NC1CCCCCCC1. The second-order valence-corrected chi connectivity index (χ2v) is 8.69. The van der Waals surface area contributed by atoms with E-state index < -0.39 is 5.97 Å². The van der Waals surface area contributed by atoms with Gasteiger partial charge in [0.25, 0.3) is 5.91 Å². The molecule has 1 aromatic carbocycles. The van der Waals surface area contributed by atoms with Crippen LogP contribution < -0.4 is 10.6 Å². The molecule has 1 aliphatic rings. The number of esters is 1. The normalized spacial score (nSPS) is 15.0. The van der Waals surface area contributed by atoms with Crippen molar-refractivity contribution in [3.05, 3.63) is 29.8 Å². The van der Waals surface area contributed by atoms with Crippen LogP contribution in [0, 0.1) is 0 Å². The minimum atomic E-state index is -0.552. The molecule has 1 fully saturated rings. The number of carbonyl (C=O) groups excluding carboxylic acids is 3. The van der Waals surface area contributed by atoms with Gasteiger partial charge in [-0.25, -0.2) is 4.79 Å². The Morgan fingerprint density at radius 2 is 1.73 bits per heavy atom. The Morgan fingerprint density at radius 1 is 1.03 bits per heavy atom. The predicted molar refractivity (Wildman–Crippen MR) is 120 cm³/mol. The summed E-state index contributed by atoms with van der Waals surface area (Å²) in [6.45, 7) is 2.32.